The topological polar surface area (TPSA) is 12.5 Å². The molecule has 0 aromatic heterocycles. The first-order valence-corrected chi connectivity index (χ1v) is 14.5. The monoisotopic (exact) mass is 483 g/mol. The molecule has 6 aliphatic rings. The standard InChI is InChI=1S/C33H38FNO/c1-31-14-12-26-19-25-8-9-28(35-17-13-27(34)21-35)20-32(25)15-16-33(26,36-32)30(31)11-10-29(31)24-7-6-22-4-2-3-5-23(22)18-24/h2-7,12,18-19,27-30H,8-11,13-17,20-21H2,1H3/t27-,28+,29?,30-,31-,32-,33?/m1/s1. The van der Waals surface area contributed by atoms with Gasteiger partial charge in [-0.2, -0.15) is 0 Å². The molecular formula is C33H38FNO. The fourth-order valence-corrected chi connectivity index (χ4v) is 9.74. The molecule has 2 spiro atoms. The quantitative estimate of drug-likeness (QED) is 0.439. The highest BCUT2D eigenvalue weighted by Crippen LogP contribution is 2.69. The Morgan fingerprint density at radius 2 is 1.89 bits per heavy atom. The van der Waals surface area contributed by atoms with Crippen molar-refractivity contribution in [3.05, 3.63) is 71.3 Å². The van der Waals surface area contributed by atoms with E-state index in [9.17, 15) is 4.39 Å². The number of allylic oxidation sites excluding steroid dienone is 1. The van der Waals surface area contributed by atoms with Crippen LogP contribution in [0.15, 0.2) is 65.8 Å². The summed E-state index contributed by atoms with van der Waals surface area (Å²) in [7, 11) is 0. The van der Waals surface area contributed by atoms with Gasteiger partial charge in [0.05, 0.1) is 11.2 Å². The summed E-state index contributed by atoms with van der Waals surface area (Å²) in [4.78, 5) is 2.44. The van der Waals surface area contributed by atoms with Gasteiger partial charge >= 0.3 is 0 Å². The van der Waals surface area contributed by atoms with Crippen LogP contribution in [0.5, 0.6) is 0 Å². The summed E-state index contributed by atoms with van der Waals surface area (Å²) < 4.78 is 21.5. The van der Waals surface area contributed by atoms with Gasteiger partial charge in [-0.15, -0.1) is 0 Å². The molecule has 0 radical (unpaired) electrons. The van der Waals surface area contributed by atoms with Crippen LogP contribution in [0.4, 0.5) is 4.39 Å². The van der Waals surface area contributed by atoms with Gasteiger partial charge in [-0.25, -0.2) is 4.39 Å². The van der Waals surface area contributed by atoms with Crippen molar-refractivity contribution in [1.29, 1.82) is 0 Å². The normalized spacial score (nSPS) is 43.6. The lowest BCUT2D eigenvalue weighted by Gasteiger charge is -2.55. The van der Waals surface area contributed by atoms with Crippen molar-refractivity contribution < 1.29 is 9.13 Å². The van der Waals surface area contributed by atoms with E-state index in [4.69, 9.17) is 4.74 Å². The van der Waals surface area contributed by atoms with Crippen molar-refractivity contribution in [3.8, 4) is 0 Å². The van der Waals surface area contributed by atoms with Crippen molar-refractivity contribution in [2.45, 2.75) is 94.0 Å². The minimum Gasteiger partial charge on any atom is -0.359 e. The average molecular weight is 484 g/mol. The Kier molecular flexibility index (Phi) is 4.62. The maximum atomic E-state index is 14.0. The molecule has 2 saturated carbocycles. The van der Waals surface area contributed by atoms with Gasteiger partial charge in [0.25, 0.3) is 0 Å². The second-order valence-corrected chi connectivity index (χ2v) is 13.1. The van der Waals surface area contributed by atoms with Crippen molar-refractivity contribution in [1.82, 2.24) is 4.90 Å². The largest absolute Gasteiger partial charge is 0.359 e. The highest BCUT2D eigenvalue weighted by Gasteiger charge is 2.66. The van der Waals surface area contributed by atoms with E-state index in [0.717, 1.165) is 45.1 Å². The van der Waals surface area contributed by atoms with Gasteiger partial charge in [0, 0.05) is 19.1 Å². The minimum absolute atomic E-state index is 0.103. The Labute approximate surface area is 214 Å². The fourth-order valence-electron chi connectivity index (χ4n) is 9.74. The Balaban J connectivity index is 1.14. The number of hydrogen-bond donors (Lipinski definition) is 0. The number of benzene rings is 2. The summed E-state index contributed by atoms with van der Waals surface area (Å²) in [6.45, 7) is 4.12. The summed E-state index contributed by atoms with van der Waals surface area (Å²) in [6, 6.07) is 16.4. The fraction of sp³-hybridized carbons (Fsp3) is 0.576. The van der Waals surface area contributed by atoms with Crippen molar-refractivity contribution in [2.75, 3.05) is 13.1 Å². The van der Waals surface area contributed by atoms with E-state index in [0.29, 0.717) is 30.8 Å². The number of ether oxygens (including phenoxy) is 1. The third kappa shape index (κ3) is 2.91. The van der Waals surface area contributed by atoms with Gasteiger partial charge in [0.1, 0.15) is 6.17 Å². The predicted octanol–water partition coefficient (Wildman–Crippen LogP) is 7.49. The Bertz CT molecular complexity index is 1300. The van der Waals surface area contributed by atoms with Crippen molar-refractivity contribution in [3.63, 3.8) is 0 Å². The van der Waals surface area contributed by atoms with Crippen LogP contribution in [0.2, 0.25) is 0 Å². The Morgan fingerprint density at radius 3 is 2.75 bits per heavy atom. The van der Waals surface area contributed by atoms with Gasteiger partial charge in [0.2, 0.25) is 0 Å². The number of likely N-dealkylation sites (tertiary alicyclic amines) is 1. The van der Waals surface area contributed by atoms with Gasteiger partial charge in [-0.05, 0) is 103 Å². The van der Waals surface area contributed by atoms with E-state index >= 15 is 0 Å². The minimum atomic E-state index is -0.638. The molecule has 3 aliphatic carbocycles. The van der Waals surface area contributed by atoms with E-state index in [-0.39, 0.29) is 16.6 Å². The molecule has 188 valence electrons. The van der Waals surface area contributed by atoms with Gasteiger partial charge in [-0.1, -0.05) is 61.5 Å². The molecule has 2 nitrogen and oxygen atoms in total. The highest BCUT2D eigenvalue weighted by atomic mass is 19.1. The second-order valence-electron chi connectivity index (χ2n) is 13.1. The van der Waals surface area contributed by atoms with Crippen molar-refractivity contribution >= 4 is 10.8 Å². The highest BCUT2D eigenvalue weighted by molar-refractivity contribution is 5.83. The smallest absolute Gasteiger partial charge is 0.114 e. The summed E-state index contributed by atoms with van der Waals surface area (Å²) in [5.74, 6) is 1.15. The molecule has 3 heteroatoms. The molecule has 36 heavy (non-hydrogen) atoms. The number of rotatable bonds is 2. The third-order valence-electron chi connectivity index (χ3n) is 11.5. The molecule has 2 aromatic rings. The second kappa shape index (κ2) is 7.54. The molecule has 2 bridgehead atoms. The van der Waals surface area contributed by atoms with Gasteiger partial charge < -0.3 is 4.74 Å². The predicted molar refractivity (Wildman–Crippen MR) is 143 cm³/mol. The van der Waals surface area contributed by atoms with Crippen LogP contribution in [-0.4, -0.2) is 41.4 Å². The van der Waals surface area contributed by atoms with E-state index in [1.807, 2.05) is 0 Å². The lowest BCUT2D eigenvalue weighted by Crippen LogP contribution is -2.55. The molecule has 0 amide bonds. The molecule has 7 atom stereocenters. The zero-order valence-electron chi connectivity index (χ0n) is 21.5. The maximum absolute atomic E-state index is 14.0. The first-order valence-electron chi connectivity index (χ1n) is 14.5. The van der Waals surface area contributed by atoms with Crippen LogP contribution >= 0.6 is 0 Å². The number of alkyl halides is 1. The van der Waals surface area contributed by atoms with Crippen LogP contribution < -0.4 is 0 Å². The molecular weight excluding hydrogens is 445 g/mol. The first kappa shape index (κ1) is 22.1. The summed E-state index contributed by atoms with van der Waals surface area (Å²) in [6.07, 6.45) is 14.5. The molecule has 4 fully saturated rings. The zero-order chi connectivity index (χ0) is 24.1. The molecule has 2 aromatic carbocycles. The van der Waals surface area contributed by atoms with Crippen LogP contribution in [-0.2, 0) is 4.74 Å². The lowest BCUT2D eigenvalue weighted by atomic mass is 9.58. The lowest BCUT2D eigenvalue weighted by molar-refractivity contribution is -0.140. The van der Waals surface area contributed by atoms with Crippen molar-refractivity contribution in [2.24, 2.45) is 11.3 Å². The number of halogens is 1. The molecule has 0 N–H and O–H groups in total. The van der Waals surface area contributed by atoms with Crippen LogP contribution in [0, 0.1) is 11.3 Å². The summed E-state index contributed by atoms with van der Waals surface area (Å²) in [5.41, 5.74) is 4.57. The Hall–Kier alpha value is -1.97. The third-order valence-corrected chi connectivity index (χ3v) is 11.5. The number of nitrogens with zero attached hydrogens (tertiary/aromatic N) is 1. The van der Waals surface area contributed by atoms with E-state index < -0.39 is 6.17 Å². The van der Waals surface area contributed by atoms with Crippen LogP contribution in [0.3, 0.4) is 0 Å². The summed E-state index contributed by atoms with van der Waals surface area (Å²) in [5, 5.41) is 2.69. The van der Waals surface area contributed by atoms with E-state index in [1.54, 1.807) is 5.57 Å². The zero-order valence-corrected chi connectivity index (χ0v) is 21.5. The number of fused-ring (bicyclic) bond motifs is 2. The van der Waals surface area contributed by atoms with Gasteiger partial charge in [-0.3, -0.25) is 4.90 Å². The SMILES string of the molecule is C[C@]12CC=C3C=C4CC[C@H](N5CC[C@@H](F)C5)C[C@]45CCC3(O5)[C@@H]1CCC2c1ccc2ccccc2c1. The average Bonchev–Trinajstić information content (AvgIpc) is 3.57. The van der Waals surface area contributed by atoms with E-state index in [2.05, 4.69) is 66.4 Å². The van der Waals surface area contributed by atoms with Crippen LogP contribution in [0.1, 0.15) is 76.2 Å². The van der Waals surface area contributed by atoms with Gasteiger partial charge in [0.15, 0.2) is 0 Å². The first-order chi connectivity index (χ1) is 17.5. The molecule has 3 aliphatic heterocycles. The molecule has 2 saturated heterocycles. The maximum Gasteiger partial charge on any atom is 0.114 e. The van der Waals surface area contributed by atoms with Crippen LogP contribution in [0.25, 0.3) is 10.8 Å². The number of hydrogen-bond acceptors (Lipinski definition) is 2. The Morgan fingerprint density at radius 1 is 1.00 bits per heavy atom. The summed E-state index contributed by atoms with van der Waals surface area (Å²) >= 11 is 0. The molecule has 2 unspecified atom stereocenters. The molecule has 3 heterocycles. The molecule has 8 rings (SSSR count). The van der Waals surface area contributed by atoms with E-state index in [1.165, 1.54) is 34.8 Å².